The van der Waals surface area contributed by atoms with Crippen LogP contribution in [0.5, 0.6) is 5.75 Å². The van der Waals surface area contributed by atoms with Crippen molar-refractivity contribution in [2.75, 3.05) is 6.54 Å². The molecular weight excluding hydrogens is 346 g/mol. The van der Waals surface area contributed by atoms with E-state index in [1.165, 1.54) is 13.0 Å². The van der Waals surface area contributed by atoms with Crippen LogP contribution < -0.4 is 4.74 Å². The minimum Gasteiger partial charge on any atom is -0.424 e. The number of carbonyl (C=O) groups excluding carboxylic acids is 4. The first kappa shape index (κ1) is 16.4. The molecular formula is C21H19NO5. The van der Waals surface area contributed by atoms with Gasteiger partial charge >= 0.3 is 5.97 Å². The van der Waals surface area contributed by atoms with Gasteiger partial charge in [0, 0.05) is 0 Å². The van der Waals surface area contributed by atoms with Gasteiger partial charge in [0.25, 0.3) is 0 Å². The highest BCUT2D eigenvalue weighted by atomic mass is 16.5. The minimum atomic E-state index is -0.713. The number of benzene rings is 1. The highest BCUT2D eigenvalue weighted by Gasteiger charge is 2.67. The standard InChI is InChI=1S/C21H19NO5/c1-10(23)11-4-2-3-5-16(11)27-17(24)9-22-20(25)18-12-6-7-13(15-8-14(12)15)19(18)21(22)26/h2-7,12-15,18-19H,8-9H2,1H3/t12-,13-,14-,15+,18-,19-/m1/s1. The van der Waals surface area contributed by atoms with Crippen molar-refractivity contribution in [3.63, 3.8) is 0 Å². The summed E-state index contributed by atoms with van der Waals surface area (Å²) in [6, 6.07) is 6.44. The van der Waals surface area contributed by atoms with Gasteiger partial charge in [-0.25, -0.2) is 4.79 Å². The molecule has 2 bridgehead atoms. The average molecular weight is 365 g/mol. The lowest BCUT2D eigenvalue weighted by molar-refractivity contribution is -0.148. The zero-order chi connectivity index (χ0) is 18.9. The normalized spacial score (nSPS) is 35.1. The highest BCUT2D eigenvalue weighted by molar-refractivity contribution is 6.08. The third-order valence-electron chi connectivity index (χ3n) is 6.53. The molecule has 1 aliphatic heterocycles. The first-order valence-electron chi connectivity index (χ1n) is 9.31. The second kappa shape index (κ2) is 5.62. The molecule has 27 heavy (non-hydrogen) atoms. The first-order valence-corrected chi connectivity index (χ1v) is 9.31. The predicted molar refractivity (Wildman–Crippen MR) is 93.5 cm³/mol. The number of ketones is 1. The van der Waals surface area contributed by atoms with Gasteiger partial charge in [-0.3, -0.25) is 19.3 Å². The summed E-state index contributed by atoms with van der Waals surface area (Å²) in [6.45, 7) is 0.977. The van der Waals surface area contributed by atoms with E-state index >= 15 is 0 Å². The van der Waals surface area contributed by atoms with Crippen LogP contribution in [0.4, 0.5) is 0 Å². The maximum absolute atomic E-state index is 12.9. The molecule has 0 aromatic heterocycles. The van der Waals surface area contributed by atoms with Crippen LogP contribution >= 0.6 is 0 Å². The van der Waals surface area contributed by atoms with Crippen LogP contribution in [-0.4, -0.2) is 35.0 Å². The number of carbonyl (C=O) groups is 4. The van der Waals surface area contributed by atoms with Gasteiger partial charge < -0.3 is 4.74 Å². The zero-order valence-electron chi connectivity index (χ0n) is 14.8. The van der Waals surface area contributed by atoms with Crippen molar-refractivity contribution in [1.29, 1.82) is 0 Å². The van der Waals surface area contributed by atoms with Crippen LogP contribution in [0.25, 0.3) is 0 Å². The lowest BCUT2D eigenvalue weighted by atomic mass is 9.63. The lowest BCUT2D eigenvalue weighted by Crippen LogP contribution is -2.40. The van der Waals surface area contributed by atoms with E-state index in [0.717, 1.165) is 11.3 Å². The molecule has 138 valence electrons. The molecule has 0 radical (unpaired) electrons. The maximum atomic E-state index is 12.9. The number of Topliss-reactive ketones (excluding diaryl/α,β-unsaturated/α-hetero) is 1. The third kappa shape index (κ3) is 2.32. The number of rotatable bonds is 4. The van der Waals surface area contributed by atoms with Crippen LogP contribution in [0.15, 0.2) is 36.4 Å². The van der Waals surface area contributed by atoms with E-state index in [1.807, 2.05) is 0 Å². The third-order valence-corrected chi connectivity index (χ3v) is 6.53. The van der Waals surface area contributed by atoms with Gasteiger partial charge in [0.2, 0.25) is 11.8 Å². The summed E-state index contributed by atoms with van der Waals surface area (Å²) in [5.74, 6) is -0.662. The monoisotopic (exact) mass is 365 g/mol. The van der Waals surface area contributed by atoms with Gasteiger partial charge in [0.15, 0.2) is 5.78 Å². The van der Waals surface area contributed by atoms with Crippen LogP contribution in [0.1, 0.15) is 23.7 Å². The van der Waals surface area contributed by atoms with Crippen molar-refractivity contribution in [2.24, 2.45) is 35.5 Å². The Bertz CT molecular complexity index is 883. The zero-order valence-corrected chi connectivity index (χ0v) is 14.8. The summed E-state index contributed by atoms with van der Waals surface area (Å²) in [5.41, 5.74) is 0.293. The minimum absolute atomic E-state index is 0.126. The molecule has 4 aliphatic carbocycles. The number of likely N-dealkylation sites (tertiary alicyclic amines) is 1. The Labute approximate surface area is 156 Å². The van der Waals surface area contributed by atoms with Crippen molar-refractivity contribution in [2.45, 2.75) is 13.3 Å². The summed E-state index contributed by atoms with van der Waals surface area (Å²) in [5, 5.41) is 0. The fraction of sp³-hybridized carbons (Fsp3) is 0.429. The number of hydrogen-bond acceptors (Lipinski definition) is 5. The first-order chi connectivity index (χ1) is 13.0. The summed E-state index contributed by atoms with van der Waals surface area (Å²) in [6.07, 6.45) is 5.28. The van der Waals surface area contributed by atoms with E-state index in [0.29, 0.717) is 17.4 Å². The molecule has 3 fully saturated rings. The second-order valence-electron chi connectivity index (χ2n) is 7.94. The van der Waals surface area contributed by atoms with Crippen LogP contribution in [0, 0.1) is 35.5 Å². The summed E-state index contributed by atoms with van der Waals surface area (Å²) < 4.78 is 5.30. The van der Waals surface area contributed by atoms with Crippen molar-refractivity contribution in [3.05, 3.63) is 42.0 Å². The summed E-state index contributed by atoms with van der Waals surface area (Å²) in [7, 11) is 0. The molecule has 0 unspecified atom stereocenters. The number of hydrogen-bond donors (Lipinski definition) is 0. The molecule has 2 amide bonds. The summed E-state index contributed by atoms with van der Waals surface area (Å²) >= 11 is 0. The Balaban J connectivity index is 1.34. The van der Waals surface area contributed by atoms with Crippen LogP contribution in [-0.2, 0) is 14.4 Å². The molecule has 6 rings (SSSR count). The molecule has 6 heteroatoms. The molecule has 6 nitrogen and oxygen atoms in total. The predicted octanol–water partition coefficient (Wildman–Crippen LogP) is 1.85. The average Bonchev–Trinajstić information content (AvgIpc) is 3.43. The topological polar surface area (TPSA) is 80.8 Å². The Kier molecular flexibility index (Phi) is 3.41. The number of allylic oxidation sites excluding steroid dienone is 2. The SMILES string of the molecule is CC(=O)c1ccccc1OC(=O)CN1C(=O)[C@@H]2[C@@H]3C=C[C@H]([C@@H]4C[C@H]34)[C@H]2C1=O. The quantitative estimate of drug-likeness (QED) is 0.267. The molecule has 5 aliphatic rings. The molecule has 1 aromatic carbocycles. The van der Waals surface area contributed by atoms with Gasteiger partial charge in [-0.05, 0) is 49.1 Å². The number of imide groups is 1. The van der Waals surface area contributed by atoms with Gasteiger partial charge in [-0.15, -0.1) is 0 Å². The maximum Gasteiger partial charge on any atom is 0.331 e. The number of esters is 1. The van der Waals surface area contributed by atoms with Crippen molar-refractivity contribution < 1.29 is 23.9 Å². The molecule has 0 N–H and O–H groups in total. The van der Waals surface area contributed by atoms with Crippen LogP contribution in [0.3, 0.4) is 0 Å². The van der Waals surface area contributed by atoms with E-state index in [2.05, 4.69) is 12.2 Å². The number of nitrogens with zero attached hydrogens (tertiary/aromatic N) is 1. The molecule has 1 heterocycles. The molecule has 1 saturated heterocycles. The van der Waals surface area contributed by atoms with Gasteiger partial charge in [-0.1, -0.05) is 24.3 Å². The Morgan fingerprint density at radius 1 is 1.04 bits per heavy atom. The lowest BCUT2D eigenvalue weighted by Gasteiger charge is -2.37. The molecule has 6 atom stereocenters. The Morgan fingerprint density at radius 2 is 1.63 bits per heavy atom. The molecule has 1 aromatic rings. The molecule has 0 spiro atoms. The Morgan fingerprint density at radius 3 is 2.22 bits per heavy atom. The van der Waals surface area contributed by atoms with Gasteiger partial charge in [0.05, 0.1) is 17.4 Å². The van der Waals surface area contributed by atoms with E-state index in [1.54, 1.807) is 18.2 Å². The van der Waals surface area contributed by atoms with Gasteiger partial charge in [0.1, 0.15) is 12.3 Å². The fourth-order valence-electron chi connectivity index (χ4n) is 5.31. The second-order valence-corrected chi connectivity index (χ2v) is 7.94. The summed E-state index contributed by atoms with van der Waals surface area (Å²) in [4.78, 5) is 50.9. The van der Waals surface area contributed by atoms with E-state index in [-0.39, 0.29) is 47.0 Å². The van der Waals surface area contributed by atoms with E-state index in [4.69, 9.17) is 4.74 Å². The van der Waals surface area contributed by atoms with E-state index in [9.17, 15) is 19.2 Å². The number of ether oxygens (including phenoxy) is 1. The van der Waals surface area contributed by atoms with Crippen molar-refractivity contribution in [1.82, 2.24) is 4.90 Å². The number of amides is 2. The van der Waals surface area contributed by atoms with E-state index < -0.39 is 12.5 Å². The largest absolute Gasteiger partial charge is 0.424 e. The van der Waals surface area contributed by atoms with Crippen LogP contribution in [0.2, 0.25) is 0 Å². The van der Waals surface area contributed by atoms with Crippen molar-refractivity contribution in [3.8, 4) is 5.75 Å². The fourth-order valence-corrected chi connectivity index (χ4v) is 5.31. The smallest absolute Gasteiger partial charge is 0.331 e. The molecule has 2 saturated carbocycles. The number of para-hydroxylation sites is 1. The highest BCUT2D eigenvalue weighted by Crippen LogP contribution is 2.65. The van der Waals surface area contributed by atoms with Crippen molar-refractivity contribution >= 4 is 23.6 Å². The Hall–Kier alpha value is -2.76. The van der Waals surface area contributed by atoms with Gasteiger partial charge in [-0.2, -0.15) is 0 Å².